The molecular weight excluding hydrogens is 332 g/mol. The van der Waals surface area contributed by atoms with Gasteiger partial charge in [-0.15, -0.1) is 0 Å². The van der Waals surface area contributed by atoms with Gasteiger partial charge in [-0.3, -0.25) is 0 Å². The maximum absolute atomic E-state index is 10.8. The molecule has 0 spiro atoms. The SMILES string of the molecule is CO[C@H]1OC(C)C(OCc2ccccc2)C(O)C1OCc1ccccc1. The van der Waals surface area contributed by atoms with E-state index < -0.39 is 24.6 Å². The van der Waals surface area contributed by atoms with Crippen LogP contribution in [0.1, 0.15) is 18.1 Å². The maximum atomic E-state index is 10.8. The zero-order valence-electron chi connectivity index (χ0n) is 15.2. The average molecular weight is 358 g/mol. The van der Waals surface area contributed by atoms with Gasteiger partial charge in [0, 0.05) is 7.11 Å². The number of ether oxygens (including phenoxy) is 4. The van der Waals surface area contributed by atoms with E-state index in [1.807, 2.05) is 67.6 Å². The van der Waals surface area contributed by atoms with Gasteiger partial charge in [-0.2, -0.15) is 0 Å². The quantitative estimate of drug-likeness (QED) is 0.825. The second-order valence-electron chi connectivity index (χ2n) is 6.46. The van der Waals surface area contributed by atoms with Crippen molar-refractivity contribution in [3.63, 3.8) is 0 Å². The number of methoxy groups -OCH3 is 1. The Hall–Kier alpha value is -1.76. The van der Waals surface area contributed by atoms with Crippen LogP contribution in [-0.4, -0.2) is 42.9 Å². The molecule has 5 atom stereocenters. The Balaban J connectivity index is 1.64. The normalized spacial score (nSPS) is 28.8. The summed E-state index contributed by atoms with van der Waals surface area (Å²) in [6, 6.07) is 19.7. The number of hydrogen-bond donors (Lipinski definition) is 1. The molecule has 5 heteroatoms. The monoisotopic (exact) mass is 358 g/mol. The molecule has 0 amide bonds. The molecule has 0 bridgehead atoms. The van der Waals surface area contributed by atoms with Crippen molar-refractivity contribution in [1.82, 2.24) is 0 Å². The van der Waals surface area contributed by atoms with Crippen LogP contribution in [0.25, 0.3) is 0 Å². The highest BCUT2D eigenvalue weighted by atomic mass is 16.7. The Labute approximate surface area is 154 Å². The van der Waals surface area contributed by atoms with Gasteiger partial charge in [0.1, 0.15) is 18.3 Å². The molecule has 0 saturated carbocycles. The smallest absolute Gasteiger partial charge is 0.186 e. The summed E-state index contributed by atoms with van der Waals surface area (Å²) in [6.07, 6.45) is -2.92. The van der Waals surface area contributed by atoms with E-state index in [0.29, 0.717) is 13.2 Å². The maximum Gasteiger partial charge on any atom is 0.186 e. The first-order chi connectivity index (χ1) is 12.7. The van der Waals surface area contributed by atoms with E-state index in [1.165, 1.54) is 0 Å². The van der Waals surface area contributed by atoms with Crippen molar-refractivity contribution in [2.75, 3.05) is 7.11 Å². The van der Waals surface area contributed by atoms with Crippen LogP contribution in [0.5, 0.6) is 0 Å². The van der Waals surface area contributed by atoms with E-state index in [0.717, 1.165) is 11.1 Å². The Morgan fingerprint density at radius 1 is 0.846 bits per heavy atom. The fourth-order valence-electron chi connectivity index (χ4n) is 3.13. The largest absolute Gasteiger partial charge is 0.387 e. The number of hydrogen-bond acceptors (Lipinski definition) is 5. The lowest BCUT2D eigenvalue weighted by atomic mass is 9.99. The van der Waals surface area contributed by atoms with Crippen molar-refractivity contribution in [1.29, 1.82) is 0 Å². The van der Waals surface area contributed by atoms with Crippen molar-refractivity contribution < 1.29 is 24.1 Å². The molecule has 0 aliphatic carbocycles. The Morgan fingerprint density at radius 2 is 1.35 bits per heavy atom. The minimum atomic E-state index is -0.851. The Kier molecular flexibility index (Phi) is 6.77. The molecule has 2 aromatic rings. The van der Waals surface area contributed by atoms with Crippen molar-refractivity contribution >= 4 is 0 Å². The molecule has 1 heterocycles. The van der Waals surface area contributed by atoms with E-state index >= 15 is 0 Å². The van der Waals surface area contributed by atoms with Crippen LogP contribution in [0.15, 0.2) is 60.7 Å². The summed E-state index contributed by atoms with van der Waals surface area (Å²) >= 11 is 0. The van der Waals surface area contributed by atoms with Gasteiger partial charge in [0.05, 0.1) is 19.3 Å². The van der Waals surface area contributed by atoms with Gasteiger partial charge in [-0.1, -0.05) is 60.7 Å². The fraction of sp³-hybridized carbons (Fsp3) is 0.429. The van der Waals surface area contributed by atoms with Crippen LogP contribution >= 0.6 is 0 Å². The van der Waals surface area contributed by atoms with Crippen LogP contribution in [0, 0.1) is 0 Å². The van der Waals surface area contributed by atoms with E-state index in [1.54, 1.807) is 7.11 Å². The molecule has 26 heavy (non-hydrogen) atoms. The van der Waals surface area contributed by atoms with Crippen molar-refractivity contribution in [3.8, 4) is 0 Å². The number of rotatable bonds is 7. The van der Waals surface area contributed by atoms with Crippen LogP contribution in [0.4, 0.5) is 0 Å². The molecule has 140 valence electrons. The van der Waals surface area contributed by atoms with Gasteiger partial charge in [0.2, 0.25) is 0 Å². The van der Waals surface area contributed by atoms with Crippen molar-refractivity contribution in [2.45, 2.75) is 50.8 Å². The lowest BCUT2D eigenvalue weighted by Crippen LogP contribution is -2.58. The van der Waals surface area contributed by atoms with Gasteiger partial charge in [0.25, 0.3) is 0 Å². The lowest BCUT2D eigenvalue weighted by Gasteiger charge is -2.42. The molecule has 2 aromatic carbocycles. The minimum absolute atomic E-state index is 0.310. The first-order valence-corrected chi connectivity index (χ1v) is 8.86. The van der Waals surface area contributed by atoms with E-state index in [9.17, 15) is 5.11 Å². The summed E-state index contributed by atoms with van der Waals surface area (Å²) in [5, 5.41) is 10.8. The first kappa shape index (κ1) is 19.0. The topological polar surface area (TPSA) is 57.2 Å². The van der Waals surface area contributed by atoms with Crippen molar-refractivity contribution in [2.24, 2.45) is 0 Å². The highest BCUT2D eigenvalue weighted by molar-refractivity contribution is 5.14. The summed E-state index contributed by atoms with van der Waals surface area (Å²) in [5.74, 6) is 0. The third-order valence-corrected chi connectivity index (χ3v) is 4.56. The first-order valence-electron chi connectivity index (χ1n) is 8.86. The Bertz CT molecular complexity index is 648. The molecule has 1 fully saturated rings. The molecule has 1 aliphatic rings. The molecule has 4 unspecified atom stereocenters. The summed E-state index contributed by atoms with van der Waals surface area (Å²) in [7, 11) is 1.55. The number of aliphatic hydroxyl groups excluding tert-OH is 1. The molecule has 3 rings (SSSR count). The van der Waals surface area contributed by atoms with E-state index in [2.05, 4.69) is 0 Å². The van der Waals surface area contributed by atoms with Gasteiger partial charge in [-0.25, -0.2) is 0 Å². The van der Waals surface area contributed by atoms with Crippen LogP contribution in [-0.2, 0) is 32.2 Å². The third kappa shape index (κ3) is 4.69. The van der Waals surface area contributed by atoms with Crippen LogP contribution in [0.3, 0.4) is 0 Å². The summed E-state index contributed by atoms with van der Waals surface area (Å²) in [4.78, 5) is 0. The molecule has 1 N–H and O–H groups in total. The minimum Gasteiger partial charge on any atom is -0.387 e. The summed E-state index contributed by atoms with van der Waals surface area (Å²) in [6.45, 7) is 2.64. The zero-order chi connectivity index (χ0) is 18.4. The molecule has 0 radical (unpaired) electrons. The molecule has 1 aliphatic heterocycles. The summed E-state index contributed by atoms with van der Waals surface area (Å²) in [5.41, 5.74) is 2.07. The Morgan fingerprint density at radius 3 is 1.85 bits per heavy atom. The third-order valence-electron chi connectivity index (χ3n) is 4.56. The second-order valence-corrected chi connectivity index (χ2v) is 6.46. The standard InChI is InChI=1S/C21H26O5/c1-15-19(24-13-16-9-5-3-6-10-16)18(22)20(21(23-2)26-15)25-14-17-11-7-4-8-12-17/h3-12,15,18-22H,13-14H2,1-2H3/t15?,18?,19?,20?,21-/m0/s1. The fourth-order valence-corrected chi connectivity index (χ4v) is 3.13. The number of aliphatic hydroxyl groups is 1. The summed E-state index contributed by atoms with van der Waals surface area (Å²) < 4.78 is 23.2. The zero-order valence-corrected chi connectivity index (χ0v) is 15.2. The van der Waals surface area contributed by atoms with Gasteiger partial charge in [-0.05, 0) is 18.1 Å². The molecule has 5 nitrogen and oxygen atoms in total. The average Bonchev–Trinajstić information content (AvgIpc) is 2.68. The molecule has 0 aromatic heterocycles. The van der Waals surface area contributed by atoms with Crippen LogP contribution in [0.2, 0.25) is 0 Å². The van der Waals surface area contributed by atoms with E-state index in [-0.39, 0.29) is 6.10 Å². The predicted molar refractivity (Wildman–Crippen MR) is 97.4 cm³/mol. The molecular formula is C21H26O5. The van der Waals surface area contributed by atoms with Gasteiger partial charge in [0.15, 0.2) is 6.29 Å². The highest BCUT2D eigenvalue weighted by Gasteiger charge is 2.45. The van der Waals surface area contributed by atoms with Crippen LogP contribution < -0.4 is 0 Å². The molecule has 1 saturated heterocycles. The predicted octanol–water partition coefficient (Wildman–Crippen LogP) is 2.91. The van der Waals surface area contributed by atoms with Crippen molar-refractivity contribution in [3.05, 3.63) is 71.8 Å². The second kappa shape index (κ2) is 9.26. The van der Waals surface area contributed by atoms with Gasteiger partial charge < -0.3 is 24.1 Å². The lowest BCUT2D eigenvalue weighted by molar-refractivity contribution is -0.305. The number of benzene rings is 2. The highest BCUT2D eigenvalue weighted by Crippen LogP contribution is 2.27. The van der Waals surface area contributed by atoms with E-state index in [4.69, 9.17) is 18.9 Å². The van der Waals surface area contributed by atoms with Gasteiger partial charge >= 0.3 is 0 Å².